The maximum atomic E-state index is 12.2. The number of sulfonamides is 1. The molecule has 20 heavy (non-hydrogen) atoms. The highest BCUT2D eigenvalue weighted by Crippen LogP contribution is 2.43. The van der Waals surface area contributed by atoms with Crippen molar-refractivity contribution in [2.75, 3.05) is 6.54 Å². The first-order valence-corrected chi connectivity index (χ1v) is 8.20. The summed E-state index contributed by atoms with van der Waals surface area (Å²) in [5.41, 5.74) is 0.182. The summed E-state index contributed by atoms with van der Waals surface area (Å²) >= 11 is 0. The molecule has 2 rings (SSSR count). The van der Waals surface area contributed by atoms with Crippen molar-refractivity contribution in [1.29, 1.82) is 0 Å². The molecular weight excluding hydrogens is 278 g/mol. The molecule has 1 aromatic rings. The monoisotopic (exact) mass is 297 g/mol. The van der Waals surface area contributed by atoms with Gasteiger partial charge in [0, 0.05) is 6.54 Å². The van der Waals surface area contributed by atoms with E-state index in [9.17, 15) is 13.2 Å². The Hall–Kier alpha value is -1.40. The van der Waals surface area contributed by atoms with Crippen molar-refractivity contribution in [2.45, 2.75) is 37.5 Å². The van der Waals surface area contributed by atoms with Gasteiger partial charge in [0.25, 0.3) is 0 Å². The topological polar surface area (TPSA) is 83.5 Å². The molecule has 0 bridgehead atoms. The van der Waals surface area contributed by atoms with E-state index in [2.05, 4.69) is 11.6 Å². The van der Waals surface area contributed by atoms with Crippen molar-refractivity contribution in [3.8, 4) is 0 Å². The van der Waals surface area contributed by atoms with Crippen molar-refractivity contribution in [3.63, 3.8) is 0 Å². The van der Waals surface area contributed by atoms with Gasteiger partial charge in [-0.3, -0.25) is 0 Å². The highest BCUT2D eigenvalue weighted by molar-refractivity contribution is 7.89. The Kier molecular flexibility index (Phi) is 4.15. The van der Waals surface area contributed by atoms with Gasteiger partial charge in [-0.2, -0.15) is 0 Å². The van der Waals surface area contributed by atoms with E-state index in [0.29, 0.717) is 6.54 Å². The number of carbonyl (C=O) groups is 1. The van der Waals surface area contributed by atoms with Crippen LogP contribution in [0, 0.1) is 5.41 Å². The number of benzene rings is 1. The number of rotatable bonds is 6. The molecule has 1 aliphatic carbocycles. The Morgan fingerprint density at radius 2 is 1.90 bits per heavy atom. The molecule has 0 saturated heterocycles. The Bertz CT molecular complexity index is 583. The van der Waals surface area contributed by atoms with Crippen LogP contribution in [0.5, 0.6) is 0 Å². The van der Waals surface area contributed by atoms with E-state index < -0.39 is 16.0 Å². The molecule has 1 saturated carbocycles. The van der Waals surface area contributed by atoms with Crippen LogP contribution in [0.3, 0.4) is 0 Å². The lowest BCUT2D eigenvalue weighted by Crippen LogP contribution is -2.41. The van der Waals surface area contributed by atoms with Crippen molar-refractivity contribution >= 4 is 16.0 Å². The van der Waals surface area contributed by atoms with E-state index in [0.717, 1.165) is 25.7 Å². The summed E-state index contributed by atoms with van der Waals surface area (Å²) in [5, 5.41) is 8.79. The molecule has 1 aromatic carbocycles. The van der Waals surface area contributed by atoms with E-state index in [1.54, 1.807) is 0 Å². The first-order chi connectivity index (χ1) is 9.38. The highest BCUT2D eigenvalue weighted by atomic mass is 32.2. The summed E-state index contributed by atoms with van der Waals surface area (Å²) in [6.07, 6.45) is 4.24. The molecule has 0 radical (unpaired) electrons. The predicted octanol–water partition coefficient (Wildman–Crippen LogP) is 2.24. The van der Waals surface area contributed by atoms with E-state index in [1.165, 1.54) is 24.3 Å². The fraction of sp³-hybridized carbons (Fsp3) is 0.500. The summed E-state index contributed by atoms with van der Waals surface area (Å²) in [7, 11) is -3.57. The number of nitrogens with one attached hydrogen (secondary N) is 1. The van der Waals surface area contributed by atoms with Crippen LogP contribution in [0.25, 0.3) is 0 Å². The molecule has 0 aromatic heterocycles. The molecule has 1 fully saturated rings. The fourth-order valence-electron chi connectivity index (χ4n) is 2.44. The van der Waals surface area contributed by atoms with Gasteiger partial charge < -0.3 is 5.11 Å². The van der Waals surface area contributed by atoms with Crippen molar-refractivity contribution in [2.24, 2.45) is 5.41 Å². The zero-order chi connectivity index (χ0) is 14.8. The second-order valence-electron chi connectivity index (χ2n) is 5.36. The normalized spacial score (nSPS) is 17.4. The van der Waals surface area contributed by atoms with Crippen LogP contribution in [0.15, 0.2) is 29.2 Å². The first kappa shape index (κ1) is 15.0. The lowest BCUT2D eigenvalue weighted by atomic mass is 9.67. The van der Waals surface area contributed by atoms with Crippen LogP contribution in [0.1, 0.15) is 43.0 Å². The zero-order valence-corrected chi connectivity index (χ0v) is 12.2. The summed E-state index contributed by atoms with van der Waals surface area (Å²) in [4.78, 5) is 10.8. The molecule has 0 atom stereocenters. The molecule has 0 heterocycles. The van der Waals surface area contributed by atoms with Crippen LogP contribution in [-0.2, 0) is 10.0 Å². The summed E-state index contributed by atoms with van der Waals surface area (Å²) in [5.74, 6) is -1.07. The largest absolute Gasteiger partial charge is 0.478 e. The summed E-state index contributed by atoms with van der Waals surface area (Å²) in [6.45, 7) is 2.53. The van der Waals surface area contributed by atoms with Gasteiger partial charge in [-0.15, -0.1) is 0 Å². The lowest BCUT2D eigenvalue weighted by molar-refractivity contribution is 0.0696. The molecule has 0 unspecified atom stereocenters. The molecule has 0 aliphatic heterocycles. The van der Waals surface area contributed by atoms with Crippen molar-refractivity contribution in [1.82, 2.24) is 4.72 Å². The van der Waals surface area contributed by atoms with Gasteiger partial charge in [-0.05, 0) is 48.9 Å². The smallest absolute Gasteiger partial charge is 0.335 e. The van der Waals surface area contributed by atoms with E-state index in [-0.39, 0.29) is 15.9 Å². The first-order valence-electron chi connectivity index (χ1n) is 6.72. The lowest BCUT2D eigenvalue weighted by Gasteiger charge is -2.41. The number of aromatic carboxylic acids is 1. The van der Waals surface area contributed by atoms with Gasteiger partial charge in [-0.1, -0.05) is 13.3 Å². The minimum atomic E-state index is -3.57. The Labute approximate surface area is 119 Å². The summed E-state index contributed by atoms with van der Waals surface area (Å²) < 4.78 is 27.0. The zero-order valence-electron chi connectivity index (χ0n) is 11.4. The molecule has 2 N–H and O–H groups in total. The second kappa shape index (κ2) is 5.54. The summed E-state index contributed by atoms with van der Waals surface area (Å²) in [6, 6.07) is 5.25. The van der Waals surface area contributed by atoms with Gasteiger partial charge in [0.05, 0.1) is 10.5 Å². The molecule has 6 heteroatoms. The molecule has 5 nitrogen and oxygen atoms in total. The molecule has 110 valence electrons. The quantitative estimate of drug-likeness (QED) is 0.843. The Balaban J connectivity index is 2.08. The van der Waals surface area contributed by atoms with Gasteiger partial charge in [0.1, 0.15) is 0 Å². The minimum Gasteiger partial charge on any atom is -0.478 e. The van der Waals surface area contributed by atoms with Crippen LogP contribution in [0.4, 0.5) is 0 Å². The SMILES string of the molecule is CCC1(CNS(=O)(=O)c2ccc(C(=O)O)cc2)CCC1. The van der Waals surface area contributed by atoms with Gasteiger partial charge >= 0.3 is 5.97 Å². The third-order valence-electron chi connectivity index (χ3n) is 4.21. The molecule has 1 aliphatic rings. The Morgan fingerprint density at radius 3 is 2.30 bits per heavy atom. The molecular formula is C14H19NO4S. The van der Waals surface area contributed by atoms with Crippen LogP contribution >= 0.6 is 0 Å². The van der Waals surface area contributed by atoms with Gasteiger partial charge in [0.2, 0.25) is 10.0 Å². The molecule has 0 spiro atoms. The predicted molar refractivity (Wildman–Crippen MR) is 75.2 cm³/mol. The highest BCUT2D eigenvalue weighted by Gasteiger charge is 2.36. The van der Waals surface area contributed by atoms with Gasteiger partial charge in [0.15, 0.2) is 0 Å². The maximum absolute atomic E-state index is 12.2. The van der Waals surface area contributed by atoms with Crippen LogP contribution in [0.2, 0.25) is 0 Å². The minimum absolute atomic E-state index is 0.0768. The van der Waals surface area contributed by atoms with Crippen molar-refractivity contribution < 1.29 is 18.3 Å². The second-order valence-corrected chi connectivity index (χ2v) is 7.13. The van der Waals surface area contributed by atoms with Gasteiger partial charge in [-0.25, -0.2) is 17.9 Å². The number of carboxylic acids is 1. The molecule has 0 amide bonds. The fourth-order valence-corrected chi connectivity index (χ4v) is 3.60. The maximum Gasteiger partial charge on any atom is 0.335 e. The Morgan fingerprint density at radius 1 is 1.30 bits per heavy atom. The number of hydrogen-bond donors (Lipinski definition) is 2. The van der Waals surface area contributed by atoms with Crippen LogP contribution in [-0.4, -0.2) is 26.0 Å². The third-order valence-corrected chi connectivity index (χ3v) is 5.63. The average molecular weight is 297 g/mol. The number of carboxylic acid groups (broad SMARTS) is 1. The number of hydrogen-bond acceptors (Lipinski definition) is 3. The van der Waals surface area contributed by atoms with Crippen LogP contribution < -0.4 is 4.72 Å². The average Bonchev–Trinajstić information content (AvgIpc) is 2.38. The van der Waals surface area contributed by atoms with E-state index in [1.807, 2.05) is 0 Å². The van der Waals surface area contributed by atoms with E-state index in [4.69, 9.17) is 5.11 Å². The standard InChI is InChI=1S/C14H19NO4S/c1-2-14(8-3-9-14)10-15-20(18,19)12-6-4-11(5-7-12)13(16)17/h4-7,15H,2-3,8-10H2,1H3,(H,16,17). The van der Waals surface area contributed by atoms with E-state index >= 15 is 0 Å². The van der Waals surface area contributed by atoms with Crippen molar-refractivity contribution in [3.05, 3.63) is 29.8 Å². The third kappa shape index (κ3) is 3.02.